The number of benzene rings is 6. The Morgan fingerprint density at radius 1 is 0.417 bits per heavy atom. The predicted octanol–water partition coefficient (Wildman–Crippen LogP) is 5.04. The van der Waals surface area contributed by atoms with Crippen LogP contribution in [0.5, 0.6) is 0 Å². The molecule has 60 heavy (non-hydrogen) atoms. The Bertz CT molecular complexity index is 3850. The van der Waals surface area contributed by atoms with Crippen molar-refractivity contribution < 1.29 is 0 Å². The molecule has 0 radical (unpaired) electrons. The predicted molar refractivity (Wildman–Crippen MR) is 228 cm³/mol. The summed E-state index contributed by atoms with van der Waals surface area (Å²) in [4.78, 5) is 46.8. The van der Waals surface area contributed by atoms with Gasteiger partial charge in [0.25, 0.3) is 0 Å². The number of fused-ring (bicyclic) bond motifs is 15. The van der Waals surface area contributed by atoms with E-state index in [2.05, 4.69) is 154 Å². The summed E-state index contributed by atoms with van der Waals surface area (Å²) in [6, 6.07) is 50.6. The second-order valence-corrected chi connectivity index (χ2v) is 23.1. The van der Waals surface area contributed by atoms with Crippen molar-refractivity contribution in [3.63, 3.8) is 0 Å². The zero-order valence-corrected chi connectivity index (χ0v) is 34.8. The fourth-order valence-electron chi connectivity index (χ4n) is 11.5. The van der Waals surface area contributed by atoms with Gasteiger partial charge in [-0.05, 0) is 0 Å². The van der Waals surface area contributed by atoms with E-state index in [9.17, 15) is 0 Å². The summed E-state index contributed by atoms with van der Waals surface area (Å²) in [6.07, 6.45) is 0. The first kappa shape index (κ1) is 30.9. The second-order valence-electron chi connectivity index (χ2n) is 16.6. The summed E-state index contributed by atoms with van der Waals surface area (Å²) >= 11 is -4.23. The van der Waals surface area contributed by atoms with Gasteiger partial charge in [-0.3, -0.25) is 0 Å². The summed E-state index contributed by atoms with van der Waals surface area (Å²) in [7, 11) is 0. The van der Waals surface area contributed by atoms with Crippen molar-refractivity contribution >= 4 is 67.2 Å². The third kappa shape index (κ3) is 3.34. The topological polar surface area (TPSA) is 112 Å². The van der Waals surface area contributed by atoms with Crippen molar-refractivity contribution in [3.05, 3.63) is 212 Å². The Morgan fingerprint density at radius 2 is 0.900 bits per heavy atom. The summed E-state index contributed by atoms with van der Waals surface area (Å²) < 4.78 is 7.70. The molecule has 8 aromatic rings. The molecular formula is C48H26InN11. The molecule has 0 saturated carbocycles. The Hall–Kier alpha value is -7.05. The van der Waals surface area contributed by atoms with Crippen LogP contribution in [0.4, 0.5) is 0 Å². The molecule has 0 saturated heterocycles. The summed E-state index contributed by atoms with van der Waals surface area (Å²) in [5, 5.41) is 4.06. The van der Waals surface area contributed by atoms with E-state index in [-0.39, 0.29) is 6.04 Å². The third-order valence-electron chi connectivity index (χ3n) is 13.8. The number of amidine groups is 4. The van der Waals surface area contributed by atoms with Crippen molar-refractivity contribution in [1.29, 1.82) is 0 Å². The van der Waals surface area contributed by atoms with Crippen LogP contribution in [0.1, 0.15) is 56.6 Å². The van der Waals surface area contributed by atoms with Gasteiger partial charge in [-0.15, -0.1) is 0 Å². The summed E-state index contributed by atoms with van der Waals surface area (Å²) in [5.41, 5.74) is 9.17. The van der Waals surface area contributed by atoms with E-state index >= 15 is 0 Å². The van der Waals surface area contributed by atoms with Crippen LogP contribution in [-0.4, -0.2) is 53.6 Å². The van der Waals surface area contributed by atoms with Crippen LogP contribution in [0, 0.1) is 0 Å². The Labute approximate surface area is 348 Å². The molecule has 10 heterocycles. The molecule has 2 aromatic heterocycles. The number of aliphatic imine (C=N–C) groups is 4. The maximum atomic E-state index is 6.13. The molecule has 4 unspecified atom stereocenters. The molecule has 12 heteroatoms. The number of hydrogen-bond donors (Lipinski definition) is 0. The molecule has 0 fully saturated rings. The monoisotopic (exact) mass is 871 g/mol. The quantitative estimate of drug-likeness (QED) is 0.209. The fraction of sp³-hybridized carbons (Fsp3) is 0.0833. The minimum atomic E-state index is -4.23. The molecule has 16 rings (SSSR count). The van der Waals surface area contributed by atoms with Gasteiger partial charge in [0.15, 0.2) is 0 Å². The van der Waals surface area contributed by atoms with E-state index in [1.165, 1.54) is 0 Å². The molecule has 11 nitrogen and oxygen atoms in total. The molecule has 276 valence electrons. The molecule has 0 aliphatic carbocycles. The van der Waals surface area contributed by atoms with Gasteiger partial charge in [-0.25, -0.2) is 0 Å². The van der Waals surface area contributed by atoms with Crippen molar-refractivity contribution in [2.75, 3.05) is 0 Å². The molecule has 4 atom stereocenters. The Balaban J connectivity index is 1.27. The van der Waals surface area contributed by atoms with Gasteiger partial charge >= 0.3 is 351 Å². The number of aromatic nitrogens is 2. The van der Waals surface area contributed by atoms with E-state index in [4.69, 9.17) is 39.9 Å². The maximum absolute atomic E-state index is 6.13. The zero-order chi connectivity index (χ0) is 38.6. The van der Waals surface area contributed by atoms with Crippen LogP contribution in [-0.2, 0) is 11.3 Å². The molecule has 8 aliphatic heterocycles. The van der Waals surface area contributed by atoms with Gasteiger partial charge in [0.05, 0.1) is 0 Å². The van der Waals surface area contributed by atoms with Crippen molar-refractivity contribution in [1.82, 2.24) is 8.00 Å². The number of nitrogens with zero attached hydrogens (tertiary/aromatic N) is 11. The van der Waals surface area contributed by atoms with Crippen LogP contribution in [0.25, 0.3) is 21.5 Å². The van der Waals surface area contributed by atoms with Crippen molar-refractivity contribution in [2.24, 2.45) is 39.9 Å². The van der Waals surface area contributed by atoms with Crippen LogP contribution < -0.4 is 22.0 Å². The average molecular weight is 872 g/mol. The van der Waals surface area contributed by atoms with Crippen molar-refractivity contribution in [2.45, 2.75) is 23.4 Å². The fourth-order valence-corrected chi connectivity index (χ4v) is 21.3. The zero-order valence-electron chi connectivity index (χ0n) is 31.5. The summed E-state index contributed by atoms with van der Waals surface area (Å²) in [6.45, 7) is 0. The number of hydrogen-bond acceptors (Lipinski definition) is 9. The summed E-state index contributed by atoms with van der Waals surface area (Å²) in [5.74, 6) is 2.87. The average Bonchev–Trinajstić information content (AvgIpc) is 4.10. The van der Waals surface area contributed by atoms with E-state index in [1.54, 1.807) is 0 Å². The molecule has 8 aliphatic rings. The molecule has 6 aromatic carbocycles. The van der Waals surface area contributed by atoms with E-state index < -0.39 is 39.7 Å². The van der Waals surface area contributed by atoms with E-state index in [0.29, 0.717) is 17.5 Å². The molecule has 0 N–H and O–H groups in total. The molecular weight excluding hydrogens is 845 g/mol. The van der Waals surface area contributed by atoms with Crippen LogP contribution in [0.3, 0.4) is 0 Å². The first-order valence-electron chi connectivity index (χ1n) is 20.4. The van der Waals surface area contributed by atoms with Gasteiger partial charge in [-0.2, -0.15) is 0 Å². The van der Waals surface area contributed by atoms with Crippen LogP contribution >= 0.6 is 0 Å². The van der Waals surface area contributed by atoms with Crippen molar-refractivity contribution in [3.8, 4) is 0 Å². The van der Waals surface area contributed by atoms with Crippen LogP contribution in [0.15, 0.2) is 186 Å². The minimum absolute atomic E-state index is 0.366. The van der Waals surface area contributed by atoms with E-state index in [1.807, 2.05) is 0 Å². The van der Waals surface area contributed by atoms with Gasteiger partial charge < -0.3 is 0 Å². The molecule has 0 amide bonds. The van der Waals surface area contributed by atoms with Gasteiger partial charge in [-0.1, -0.05) is 0 Å². The molecule has 2 spiro atoms. The van der Waals surface area contributed by atoms with Crippen LogP contribution in [0.2, 0.25) is 0 Å². The standard InChI is InChI=1S/C48H26N11.In/c1-3-15-27-25(13-1)37-47-35-23-11-9-21-33(35)45(58-47)54-42-30-18-6-8-20-32(30)44(53-42)57-48(38-26-14-2-4-16-28(26)40(50-38)51-39(27)49-37)36-24-12-10-22-34(36)46(59-48)55-41-29-17-5-7-19-31(29)43(52-41)56-47;/h1-24,37-38H;/q-3;+3. The molecule has 9 bridgehead atoms. The van der Waals surface area contributed by atoms with E-state index in [0.717, 1.165) is 93.8 Å². The SMILES string of the molecule is c1ccc2c(c1)C1=NC3=NC(c4ccccc43)C34N=C(N=c5c6ccccc6c6[n]5[In]5[N]1C2C1(N=C(N=c2c7ccccc7/c([n]25)=N/3)c2ccccc21)N=6)c1ccccc14. The Morgan fingerprint density at radius 3 is 1.55 bits per heavy atom. The van der Waals surface area contributed by atoms with Gasteiger partial charge in [0.2, 0.25) is 0 Å². The van der Waals surface area contributed by atoms with Gasteiger partial charge in [0.1, 0.15) is 0 Å². The first-order chi connectivity index (χ1) is 29.7. The third-order valence-corrected chi connectivity index (χ3v) is 22.2. The van der Waals surface area contributed by atoms with Gasteiger partial charge in [0, 0.05) is 0 Å². The first-order valence-corrected chi connectivity index (χ1v) is 24.8. The normalized spacial score (nSPS) is 24.9. The Kier molecular flexibility index (Phi) is 5.26. The number of rotatable bonds is 0. The second kappa shape index (κ2) is 10.2.